The largest absolute Gasteiger partial charge is 0.480 e. The molecule has 0 aliphatic heterocycles. The van der Waals surface area contributed by atoms with Crippen LogP contribution in [0.5, 0.6) is 0 Å². The lowest BCUT2D eigenvalue weighted by Crippen LogP contribution is -2.44. The van der Waals surface area contributed by atoms with Gasteiger partial charge >= 0.3 is 18.0 Å². The van der Waals surface area contributed by atoms with Gasteiger partial charge in [-0.1, -0.05) is 72.8 Å². The lowest BCUT2D eigenvalue weighted by atomic mass is 9.98. The van der Waals surface area contributed by atoms with Gasteiger partial charge in [0, 0.05) is 12.3 Å². The summed E-state index contributed by atoms with van der Waals surface area (Å²) in [6.07, 6.45) is -0.837. The Kier molecular flexibility index (Phi) is 7.83. The van der Waals surface area contributed by atoms with Gasteiger partial charge in [-0.15, -0.1) is 0 Å². The summed E-state index contributed by atoms with van der Waals surface area (Å²) in [6.45, 7) is 5.23. The minimum absolute atomic E-state index is 0.0141. The molecule has 0 saturated carbocycles. The Bertz CT molecular complexity index is 1300. The number of fused-ring (bicyclic) bond motifs is 3. The minimum Gasteiger partial charge on any atom is -0.480 e. The Balaban J connectivity index is 1.42. The number of ether oxygens (including phenoxy) is 2. The third-order valence-corrected chi connectivity index (χ3v) is 6.35. The SMILES string of the molecule is CC(C)(C)OC(=O)NC(Cc1cccc(C(N)C(=O)OCC2c3ccccc3-c3ccccc32)c1)C(=O)O. The number of rotatable bonds is 8. The standard InChI is InChI=1S/C30H32N2O6/c1-30(2,3)38-29(36)32-25(27(33)34)16-18-9-8-10-19(15-18)26(31)28(35)37-17-24-22-13-6-4-11-20(22)21-12-5-7-14-23(21)24/h4-15,24-26H,16-17,31H2,1-3H3,(H,32,36)(H,33,34). The van der Waals surface area contributed by atoms with E-state index in [1.165, 1.54) is 0 Å². The molecule has 2 unspecified atom stereocenters. The lowest BCUT2D eigenvalue weighted by Gasteiger charge is -2.22. The quantitative estimate of drug-likeness (QED) is 0.374. The van der Waals surface area contributed by atoms with E-state index in [1.54, 1.807) is 45.0 Å². The number of nitrogens with two attached hydrogens (primary N) is 1. The van der Waals surface area contributed by atoms with Gasteiger partial charge in [0.15, 0.2) is 0 Å². The third-order valence-electron chi connectivity index (χ3n) is 6.35. The maximum atomic E-state index is 12.9. The van der Waals surface area contributed by atoms with Crippen LogP contribution in [0.2, 0.25) is 0 Å². The van der Waals surface area contributed by atoms with E-state index in [2.05, 4.69) is 17.4 Å². The van der Waals surface area contributed by atoms with Crippen molar-refractivity contribution in [2.24, 2.45) is 5.73 Å². The monoisotopic (exact) mass is 516 g/mol. The normalized spacial score (nSPS) is 14.1. The molecule has 0 fully saturated rings. The van der Waals surface area contributed by atoms with Gasteiger partial charge in [0.05, 0.1) is 0 Å². The highest BCUT2D eigenvalue weighted by Gasteiger charge is 2.30. The topological polar surface area (TPSA) is 128 Å². The van der Waals surface area contributed by atoms with E-state index < -0.39 is 35.7 Å². The van der Waals surface area contributed by atoms with Crippen LogP contribution in [0, 0.1) is 0 Å². The summed E-state index contributed by atoms with van der Waals surface area (Å²) in [5.41, 5.74) is 11.0. The maximum Gasteiger partial charge on any atom is 0.408 e. The molecular formula is C30H32N2O6. The Morgan fingerprint density at radius 2 is 1.55 bits per heavy atom. The molecule has 1 aliphatic rings. The van der Waals surface area contributed by atoms with Gasteiger partial charge in [0.2, 0.25) is 0 Å². The first kappa shape index (κ1) is 26.9. The lowest BCUT2D eigenvalue weighted by molar-refractivity contribution is -0.145. The van der Waals surface area contributed by atoms with Crippen molar-refractivity contribution >= 4 is 18.0 Å². The second kappa shape index (κ2) is 11.1. The van der Waals surface area contributed by atoms with Crippen LogP contribution in [-0.4, -0.2) is 41.4 Å². The first-order valence-electron chi connectivity index (χ1n) is 12.4. The van der Waals surface area contributed by atoms with Crippen LogP contribution in [-0.2, 0) is 25.5 Å². The predicted molar refractivity (Wildman–Crippen MR) is 143 cm³/mol. The Morgan fingerprint density at radius 3 is 2.13 bits per heavy atom. The molecule has 0 radical (unpaired) electrons. The van der Waals surface area contributed by atoms with Gasteiger partial charge in [0.1, 0.15) is 24.3 Å². The van der Waals surface area contributed by atoms with Gasteiger partial charge in [-0.25, -0.2) is 14.4 Å². The van der Waals surface area contributed by atoms with Gasteiger partial charge in [-0.05, 0) is 54.2 Å². The molecule has 1 aliphatic carbocycles. The van der Waals surface area contributed by atoms with E-state index in [4.69, 9.17) is 15.2 Å². The van der Waals surface area contributed by atoms with Crippen molar-refractivity contribution in [3.05, 3.63) is 95.1 Å². The van der Waals surface area contributed by atoms with E-state index in [9.17, 15) is 19.5 Å². The number of nitrogens with one attached hydrogen (secondary N) is 1. The number of carboxylic acid groups (broad SMARTS) is 1. The number of benzene rings is 3. The smallest absolute Gasteiger partial charge is 0.408 e. The van der Waals surface area contributed by atoms with Crippen LogP contribution in [0.15, 0.2) is 72.8 Å². The van der Waals surface area contributed by atoms with Gasteiger partial charge < -0.3 is 25.6 Å². The van der Waals surface area contributed by atoms with Crippen molar-refractivity contribution in [1.29, 1.82) is 0 Å². The highest BCUT2D eigenvalue weighted by atomic mass is 16.6. The molecule has 198 valence electrons. The molecule has 0 spiro atoms. The van der Waals surface area contributed by atoms with Crippen LogP contribution in [0.1, 0.15) is 55.0 Å². The highest BCUT2D eigenvalue weighted by molar-refractivity contribution is 5.81. The molecule has 2 atom stereocenters. The molecule has 3 aromatic carbocycles. The molecule has 1 amide bonds. The maximum absolute atomic E-state index is 12.9. The van der Waals surface area contributed by atoms with Gasteiger partial charge in [-0.3, -0.25) is 0 Å². The van der Waals surface area contributed by atoms with Crippen molar-refractivity contribution in [2.75, 3.05) is 6.61 Å². The number of carboxylic acids is 1. The molecule has 4 N–H and O–H groups in total. The van der Waals surface area contributed by atoms with Crippen molar-refractivity contribution in [1.82, 2.24) is 5.32 Å². The van der Waals surface area contributed by atoms with E-state index in [1.807, 2.05) is 36.4 Å². The van der Waals surface area contributed by atoms with Crippen molar-refractivity contribution in [3.8, 4) is 11.1 Å². The number of alkyl carbamates (subject to hydrolysis) is 1. The molecule has 0 heterocycles. The summed E-state index contributed by atoms with van der Waals surface area (Å²) in [5.74, 6) is -1.87. The fraction of sp³-hybridized carbons (Fsp3) is 0.300. The summed E-state index contributed by atoms with van der Waals surface area (Å²) in [6, 6.07) is 20.6. The summed E-state index contributed by atoms with van der Waals surface area (Å²) in [4.78, 5) is 36.8. The Labute approximate surface area is 221 Å². The summed E-state index contributed by atoms with van der Waals surface area (Å²) < 4.78 is 10.9. The third kappa shape index (κ3) is 6.20. The number of esters is 1. The fourth-order valence-corrected chi connectivity index (χ4v) is 4.63. The van der Waals surface area contributed by atoms with E-state index in [0.717, 1.165) is 22.3 Å². The molecule has 8 nitrogen and oxygen atoms in total. The van der Waals surface area contributed by atoms with Crippen molar-refractivity contribution in [2.45, 2.75) is 50.8 Å². The zero-order chi connectivity index (χ0) is 27.4. The van der Waals surface area contributed by atoms with Crippen LogP contribution in [0.25, 0.3) is 11.1 Å². The number of carbonyl (C=O) groups excluding carboxylic acids is 2. The second-order valence-electron chi connectivity index (χ2n) is 10.3. The highest BCUT2D eigenvalue weighted by Crippen LogP contribution is 2.44. The van der Waals surface area contributed by atoms with Crippen LogP contribution in [0.4, 0.5) is 4.79 Å². The number of amides is 1. The van der Waals surface area contributed by atoms with E-state index in [-0.39, 0.29) is 18.9 Å². The Morgan fingerprint density at radius 1 is 0.947 bits per heavy atom. The summed E-state index contributed by atoms with van der Waals surface area (Å²) in [5, 5.41) is 12.0. The van der Waals surface area contributed by atoms with Crippen molar-refractivity contribution in [3.63, 3.8) is 0 Å². The van der Waals surface area contributed by atoms with Crippen LogP contribution >= 0.6 is 0 Å². The zero-order valence-corrected chi connectivity index (χ0v) is 21.6. The second-order valence-corrected chi connectivity index (χ2v) is 10.3. The Hall–Kier alpha value is -4.17. The molecule has 0 aromatic heterocycles. The van der Waals surface area contributed by atoms with E-state index in [0.29, 0.717) is 11.1 Å². The molecule has 0 saturated heterocycles. The minimum atomic E-state index is -1.22. The zero-order valence-electron chi connectivity index (χ0n) is 21.6. The molecule has 8 heteroatoms. The van der Waals surface area contributed by atoms with E-state index >= 15 is 0 Å². The van der Waals surface area contributed by atoms with Gasteiger partial charge in [0.25, 0.3) is 0 Å². The van der Waals surface area contributed by atoms with Crippen molar-refractivity contribution < 1.29 is 29.0 Å². The first-order chi connectivity index (χ1) is 18.0. The fourth-order valence-electron chi connectivity index (χ4n) is 4.63. The molecule has 3 aromatic rings. The number of carbonyl (C=O) groups is 3. The molecule has 38 heavy (non-hydrogen) atoms. The predicted octanol–water partition coefficient (Wildman–Crippen LogP) is 4.56. The summed E-state index contributed by atoms with van der Waals surface area (Å²) >= 11 is 0. The van der Waals surface area contributed by atoms with Crippen LogP contribution in [0.3, 0.4) is 0 Å². The average Bonchev–Trinajstić information content (AvgIpc) is 3.19. The van der Waals surface area contributed by atoms with Gasteiger partial charge in [-0.2, -0.15) is 0 Å². The molecular weight excluding hydrogens is 484 g/mol. The number of hydrogen-bond donors (Lipinski definition) is 3. The average molecular weight is 517 g/mol. The summed E-state index contributed by atoms with van der Waals surface area (Å²) in [7, 11) is 0. The van der Waals surface area contributed by atoms with Crippen LogP contribution < -0.4 is 11.1 Å². The molecule has 0 bridgehead atoms. The number of hydrogen-bond acceptors (Lipinski definition) is 6. The molecule has 4 rings (SSSR count). The number of aliphatic carboxylic acids is 1. The first-order valence-corrected chi connectivity index (χ1v) is 12.4.